The Labute approximate surface area is 152 Å². The maximum Gasteiger partial charge on any atom is 0.262 e. The molecule has 128 valence electrons. The van der Waals surface area contributed by atoms with Gasteiger partial charge in [-0.1, -0.05) is 32.3 Å². The summed E-state index contributed by atoms with van der Waals surface area (Å²) in [5, 5.41) is 12.2. The van der Waals surface area contributed by atoms with Gasteiger partial charge in [-0.05, 0) is 59.0 Å². The van der Waals surface area contributed by atoms with E-state index in [4.69, 9.17) is 4.74 Å². The van der Waals surface area contributed by atoms with E-state index in [1.165, 1.54) is 0 Å². The Morgan fingerprint density at radius 1 is 1.46 bits per heavy atom. The zero-order valence-corrected chi connectivity index (χ0v) is 15.6. The van der Waals surface area contributed by atoms with E-state index in [0.29, 0.717) is 6.61 Å². The molecule has 1 fully saturated rings. The number of nitrogens with zero attached hydrogens (tertiary/aromatic N) is 1. The molecule has 1 aromatic carbocycles. The van der Waals surface area contributed by atoms with Gasteiger partial charge in [0.05, 0.1) is 11.1 Å². The number of hydrogen-bond acceptors (Lipinski definition) is 3. The van der Waals surface area contributed by atoms with E-state index < -0.39 is 0 Å². The van der Waals surface area contributed by atoms with Crippen molar-refractivity contribution in [2.24, 2.45) is 0 Å². The largest absolute Gasteiger partial charge is 0.492 e. The van der Waals surface area contributed by atoms with Gasteiger partial charge in [-0.15, -0.1) is 0 Å². The second-order valence-electron chi connectivity index (χ2n) is 6.02. The number of unbranched alkanes of at least 4 members (excludes halogenated alkanes) is 1. The molecule has 0 saturated heterocycles. The highest BCUT2D eigenvalue weighted by Gasteiger charge is 2.19. The van der Waals surface area contributed by atoms with Crippen LogP contribution in [0.4, 0.5) is 0 Å². The first-order chi connectivity index (χ1) is 11.6. The van der Waals surface area contributed by atoms with Crippen LogP contribution in [0.2, 0.25) is 0 Å². The molecule has 0 bridgehead atoms. The van der Waals surface area contributed by atoms with Crippen LogP contribution in [0.5, 0.6) is 5.75 Å². The van der Waals surface area contributed by atoms with Crippen LogP contribution in [0.25, 0.3) is 6.08 Å². The maximum atomic E-state index is 12.2. The van der Waals surface area contributed by atoms with Crippen molar-refractivity contribution in [3.05, 3.63) is 33.8 Å². The molecule has 0 atom stereocenters. The van der Waals surface area contributed by atoms with E-state index in [0.717, 1.165) is 54.3 Å². The standard InChI is InChI=1S/C19H23BrN2O2/c1-2-3-10-24-18-9-8-14(12-17(18)20)11-15(13-21)19(23)22-16-6-4-5-7-16/h8-9,11-12,16H,2-7,10H2,1H3,(H,22,23)/b15-11+. The van der Waals surface area contributed by atoms with Crippen molar-refractivity contribution < 1.29 is 9.53 Å². The van der Waals surface area contributed by atoms with Crippen LogP contribution in [-0.2, 0) is 4.79 Å². The average molecular weight is 391 g/mol. The van der Waals surface area contributed by atoms with Gasteiger partial charge in [0, 0.05) is 6.04 Å². The fraction of sp³-hybridized carbons (Fsp3) is 0.474. The fourth-order valence-corrected chi connectivity index (χ4v) is 3.21. The van der Waals surface area contributed by atoms with Gasteiger partial charge in [0.15, 0.2) is 0 Å². The normalized spacial score (nSPS) is 15.1. The number of nitriles is 1. The van der Waals surface area contributed by atoms with Crippen molar-refractivity contribution in [3.8, 4) is 11.8 Å². The van der Waals surface area contributed by atoms with Gasteiger partial charge in [-0.2, -0.15) is 5.26 Å². The van der Waals surface area contributed by atoms with Crippen molar-refractivity contribution in [2.75, 3.05) is 6.61 Å². The summed E-state index contributed by atoms with van der Waals surface area (Å²) in [4.78, 5) is 12.2. The van der Waals surface area contributed by atoms with Crippen molar-refractivity contribution in [1.82, 2.24) is 5.32 Å². The number of rotatable bonds is 7. The van der Waals surface area contributed by atoms with E-state index in [1.54, 1.807) is 6.08 Å². The molecule has 1 aliphatic rings. The van der Waals surface area contributed by atoms with Gasteiger partial charge in [-0.25, -0.2) is 0 Å². The predicted molar refractivity (Wildman–Crippen MR) is 98.5 cm³/mol. The lowest BCUT2D eigenvalue weighted by atomic mass is 10.1. The first-order valence-electron chi connectivity index (χ1n) is 8.49. The summed E-state index contributed by atoms with van der Waals surface area (Å²) in [7, 11) is 0. The fourth-order valence-electron chi connectivity index (χ4n) is 2.70. The molecule has 1 aromatic rings. The van der Waals surface area contributed by atoms with Crippen molar-refractivity contribution in [1.29, 1.82) is 5.26 Å². The van der Waals surface area contributed by atoms with Crippen LogP contribution in [0.1, 0.15) is 51.0 Å². The third kappa shape index (κ3) is 5.38. The number of carbonyl (C=O) groups is 1. The van der Waals surface area contributed by atoms with E-state index >= 15 is 0 Å². The first kappa shape index (κ1) is 18.5. The second-order valence-corrected chi connectivity index (χ2v) is 6.87. The van der Waals surface area contributed by atoms with Crippen molar-refractivity contribution >= 4 is 27.9 Å². The molecular weight excluding hydrogens is 368 g/mol. The van der Waals surface area contributed by atoms with Gasteiger partial charge in [0.2, 0.25) is 0 Å². The molecule has 2 rings (SSSR count). The Hall–Kier alpha value is -1.80. The number of amides is 1. The van der Waals surface area contributed by atoms with Crippen molar-refractivity contribution in [2.45, 2.75) is 51.5 Å². The molecule has 4 nitrogen and oxygen atoms in total. The summed E-state index contributed by atoms with van der Waals surface area (Å²) in [6.07, 6.45) is 7.99. The van der Waals surface area contributed by atoms with Crippen LogP contribution in [0.3, 0.4) is 0 Å². The van der Waals surface area contributed by atoms with Gasteiger partial charge < -0.3 is 10.1 Å². The highest BCUT2D eigenvalue weighted by Crippen LogP contribution is 2.27. The molecule has 24 heavy (non-hydrogen) atoms. The van der Waals surface area contributed by atoms with E-state index in [2.05, 4.69) is 28.2 Å². The lowest BCUT2D eigenvalue weighted by molar-refractivity contribution is -0.117. The average Bonchev–Trinajstić information content (AvgIpc) is 3.07. The van der Waals surface area contributed by atoms with Crippen LogP contribution in [0.15, 0.2) is 28.2 Å². The number of benzene rings is 1. The maximum absolute atomic E-state index is 12.2. The Morgan fingerprint density at radius 3 is 2.83 bits per heavy atom. The molecule has 0 aliphatic heterocycles. The number of nitrogens with one attached hydrogen (secondary N) is 1. The topological polar surface area (TPSA) is 62.1 Å². The zero-order valence-electron chi connectivity index (χ0n) is 14.0. The Kier molecular flexibility index (Phi) is 7.33. The van der Waals surface area contributed by atoms with Gasteiger partial charge in [0.25, 0.3) is 5.91 Å². The summed E-state index contributed by atoms with van der Waals surface area (Å²) in [5.41, 5.74) is 0.927. The molecule has 0 aromatic heterocycles. The minimum absolute atomic E-state index is 0.133. The molecular formula is C19H23BrN2O2. The quantitative estimate of drug-likeness (QED) is 0.420. The minimum Gasteiger partial charge on any atom is -0.492 e. The first-order valence-corrected chi connectivity index (χ1v) is 9.28. The molecule has 5 heteroatoms. The Morgan fingerprint density at radius 2 is 2.21 bits per heavy atom. The summed E-state index contributed by atoms with van der Waals surface area (Å²) in [6, 6.07) is 7.78. The van der Waals surface area contributed by atoms with E-state index in [-0.39, 0.29) is 17.5 Å². The number of carbonyl (C=O) groups excluding carboxylic acids is 1. The number of hydrogen-bond donors (Lipinski definition) is 1. The molecule has 0 radical (unpaired) electrons. The van der Waals surface area contributed by atoms with Crippen molar-refractivity contribution in [3.63, 3.8) is 0 Å². The highest BCUT2D eigenvalue weighted by atomic mass is 79.9. The monoisotopic (exact) mass is 390 g/mol. The summed E-state index contributed by atoms with van der Waals surface area (Å²) in [6.45, 7) is 2.80. The predicted octanol–water partition coefficient (Wildman–Crippen LogP) is 4.59. The molecule has 1 N–H and O–H groups in total. The molecule has 0 unspecified atom stereocenters. The summed E-state index contributed by atoms with van der Waals surface area (Å²) in [5.74, 6) is 0.485. The highest BCUT2D eigenvalue weighted by molar-refractivity contribution is 9.10. The molecule has 0 heterocycles. The number of halogens is 1. The zero-order chi connectivity index (χ0) is 17.4. The third-order valence-corrected chi connectivity index (χ3v) is 4.70. The lowest BCUT2D eigenvalue weighted by Crippen LogP contribution is -2.33. The van der Waals surface area contributed by atoms with Gasteiger partial charge >= 0.3 is 0 Å². The summed E-state index contributed by atoms with van der Waals surface area (Å²) >= 11 is 3.48. The third-order valence-electron chi connectivity index (χ3n) is 4.08. The molecule has 1 saturated carbocycles. The smallest absolute Gasteiger partial charge is 0.262 e. The van der Waals surface area contributed by atoms with Crippen LogP contribution in [-0.4, -0.2) is 18.6 Å². The van der Waals surface area contributed by atoms with E-state index in [1.807, 2.05) is 24.3 Å². The van der Waals surface area contributed by atoms with Crippen LogP contribution >= 0.6 is 15.9 Å². The molecule has 1 aliphatic carbocycles. The Balaban J connectivity index is 2.05. The SMILES string of the molecule is CCCCOc1ccc(/C=C(\C#N)C(=O)NC2CCCC2)cc1Br. The minimum atomic E-state index is -0.288. The molecule has 1 amide bonds. The Bertz CT molecular complexity index is 643. The van der Waals surface area contributed by atoms with Crippen LogP contribution < -0.4 is 10.1 Å². The summed E-state index contributed by atoms with van der Waals surface area (Å²) < 4.78 is 6.51. The van der Waals surface area contributed by atoms with E-state index in [9.17, 15) is 10.1 Å². The number of ether oxygens (including phenoxy) is 1. The second kappa shape index (κ2) is 9.48. The van der Waals surface area contributed by atoms with Gasteiger partial charge in [0.1, 0.15) is 17.4 Å². The van der Waals surface area contributed by atoms with Gasteiger partial charge in [-0.3, -0.25) is 4.79 Å². The van der Waals surface area contributed by atoms with Crippen LogP contribution in [0, 0.1) is 11.3 Å². The molecule has 0 spiro atoms. The lowest BCUT2D eigenvalue weighted by Gasteiger charge is -2.11.